The van der Waals surface area contributed by atoms with Gasteiger partial charge in [-0.3, -0.25) is 0 Å². The van der Waals surface area contributed by atoms with Gasteiger partial charge in [0.05, 0.1) is 42.7 Å². The average Bonchev–Trinajstić information content (AvgIpc) is 3.25. The number of hydrogen-bond acceptors (Lipinski definition) is 6. The molecule has 270 valence electrons. The van der Waals surface area contributed by atoms with E-state index in [2.05, 4.69) is 91.0 Å². The summed E-state index contributed by atoms with van der Waals surface area (Å²) in [7, 11) is 10.1. The fraction of sp³-hybridized carbons (Fsp3) is 0.125. The van der Waals surface area contributed by atoms with Crippen molar-refractivity contribution in [3.63, 3.8) is 0 Å². The highest BCUT2D eigenvalue weighted by atomic mass is 16.5. The molecule has 7 aromatic carbocycles. The first-order valence-corrected chi connectivity index (χ1v) is 17.6. The van der Waals surface area contributed by atoms with E-state index in [1.807, 2.05) is 54.6 Å². The monoisotopic (exact) mass is 714 g/mol. The van der Waals surface area contributed by atoms with Crippen LogP contribution in [-0.2, 0) is 0 Å². The zero-order valence-corrected chi connectivity index (χ0v) is 31.3. The highest BCUT2D eigenvalue weighted by Crippen LogP contribution is 2.41. The largest absolute Gasteiger partial charge is 0.497 e. The van der Waals surface area contributed by atoms with Crippen molar-refractivity contribution < 1.29 is 28.4 Å². The van der Waals surface area contributed by atoms with Crippen LogP contribution >= 0.6 is 0 Å². The fourth-order valence-electron chi connectivity index (χ4n) is 6.82. The second-order valence-electron chi connectivity index (χ2n) is 12.7. The van der Waals surface area contributed by atoms with Crippen LogP contribution in [0.1, 0.15) is 0 Å². The molecule has 0 amide bonds. The molecule has 0 fully saturated rings. The van der Waals surface area contributed by atoms with E-state index in [0.717, 1.165) is 101 Å². The van der Waals surface area contributed by atoms with Crippen LogP contribution in [0.25, 0.3) is 66.8 Å². The maximum atomic E-state index is 5.76. The summed E-state index contributed by atoms with van der Waals surface area (Å²) in [5, 5.41) is 0. The van der Waals surface area contributed by atoms with E-state index >= 15 is 0 Å². The van der Waals surface area contributed by atoms with Crippen LogP contribution in [0.5, 0.6) is 34.5 Å². The first-order chi connectivity index (χ1) is 26.4. The molecular weight excluding hydrogens is 673 g/mol. The van der Waals surface area contributed by atoms with Gasteiger partial charge in [0.25, 0.3) is 0 Å². The molecule has 0 saturated carbocycles. The molecule has 0 N–H and O–H groups in total. The van der Waals surface area contributed by atoms with Gasteiger partial charge in [-0.2, -0.15) is 0 Å². The summed E-state index contributed by atoms with van der Waals surface area (Å²) in [6.45, 7) is 0. The van der Waals surface area contributed by atoms with Gasteiger partial charge in [-0.1, -0.05) is 60.7 Å². The van der Waals surface area contributed by atoms with Gasteiger partial charge in [0.2, 0.25) is 0 Å². The average molecular weight is 715 g/mol. The highest BCUT2D eigenvalue weighted by Gasteiger charge is 2.15. The van der Waals surface area contributed by atoms with Crippen LogP contribution in [0.3, 0.4) is 0 Å². The van der Waals surface area contributed by atoms with Gasteiger partial charge >= 0.3 is 0 Å². The van der Waals surface area contributed by atoms with Crippen LogP contribution in [0.2, 0.25) is 0 Å². The third-order valence-corrected chi connectivity index (χ3v) is 9.70. The maximum absolute atomic E-state index is 5.76. The molecule has 0 bridgehead atoms. The lowest BCUT2D eigenvalue weighted by atomic mass is 9.90. The van der Waals surface area contributed by atoms with E-state index in [1.165, 1.54) is 0 Å². The van der Waals surface area contributed by atoms with Gasteiger partial charge in [-0.25, -0.2) is 0 Å². The molecule has 0 spiro atoms. The van der Waals surface area contributed by atoms with Crippen LogP contribution in [0.4, 0.5) is 0 Å². The van der Waals surface area contributed by atoms with Crippen molar-refractivity contribution in [2.45, 2.75) is 0 Å². The quantitative estimate of drug-likeness (QED) is 0.126. The van der Waals surface area contributed by atoms with Crippen molar-refractivity contribution in [3.8, 4) is 101 Å². The lowest BCUT2D eigenvalue weighted by Gasteiger charge is -2.15. The standard InChI is InChI=1S/C48H42O6/c1-49-40-17-20-46(52-4)43(28-40)32-15-13-31(14-16-32)37-25-38(33-9-7-11-35(23-33)44-29-41(50-2)18-21-47(44)53-5)27-39(26-37)34-10-8-12-36(24-34)45-30-42(51-3)19-22-48(45)54-6/h7-30H,1-6H3. The molecule has 0 unspecified atom stereocenters. The van der Waals surface area contributed by atoms with Gasteiger partial charge in [0.15, 0.2) is 0 Å². The third kappa shape index (κ3) is 7.32. The van der Waals surface area contributed by atoms with Crippen molar-refractivity contribution in [2.75, 3.05) is 42.7 Å². The Hall–Kier alpha value is -6.66. The van der Waals surface area contributed by atoms with Gasteiger partial charge in [-0.05, 0) is 135 Å². The highest BCUT2D eigenvalue weighted by molar-refractivity contribution is 5.86. The Kier molecular flexibility index (Phi) is 10.5. The van der Waals surface area contributed by atoms with Crippen molar-refractivity contribution in [1.82, 2.24) is 0 Å². The SMILES string of the molecule is COc1ccc(OC)c(-c2ccc(-c3cc(-c4cccc(-c5cc(OC)ccc5OC)c4)cc(-c4cccc(-c5cc(OC)ccc5OC)c4)c3)cc2)c1. The summed E-state index contributed by atoms with van der Waals surface area (Å²) in [4.78, 5) is 0. The second kappa shape index (κ2) is 15.9. The van der Waals surface area contributed by atoms with Crippen LogP contribution < -0.4 is 28.4 Å². The summed E-state index contributed by atoms with van der Waals surface area (Å²) in [5.41, 5.74) is 12.4. The Morgan fingerprint density at radius 2 is 0.556 bits per heavy atom. The Morgan fingerprint density at radius 1 is 0.241 bits per heavy atom. The Bertz CT molecular complexity index is 2300. The molecule has 0 heterocycles. The molecule has 0 saturated heterocycles. The molecule has 7 aromatic rings. The number of ether oxygens (including phenoxy) is 6. The lowest BCUT2D eigenvalue weighted by Crippen LogP contribution is -1.92. The third-order valence-electron chi connectivity index (χ3n) is 9.70. The van der Waals surface area contributed by atoms with Gasteiger partial charge < -0.3 is 28.4 Å². The first-order valence-electron chi connectivity index (χ1n) is 17.6. The van der Waals surface area contributed by atoms with Gasteiger partial charge in [0.1, 0.15) is 34.5 Å². The Balaban J connectivity index is 1.37. The summed E-state index contributed by atoms with van der Waals surface area (Å²) >= 11 is 0. The minimum Gasteiger partial charge on any atom is -0.497 e. The minimum absolute atomic E-state index is 0.767. The maximum Gasteiger partial charge on any atom is 0.126 e. The molecule has 0 aliphatic heterocycles. The van der Waals surface area contributed by atoms with Crippen LogP contribution in [-0.4, -0.2) is 42.7 Å². The normalized spacial score (nSPS) is 10.8. The topological polar surface area (TPSA) is 55.4 Å². The van der Waals surface area contributed by atoms with E-state index in [-0.39, 0.29) is 0 Å². The van der Waals surface area contributed by atoms with E-state index in [9.17, 15) is 0 Å². The Morgan fingerprint density at radius 3 is 0.926 bits per heavy atom. The number of benzene rings is 7. The van der Waals surface area contributed by atoms with E-state index in [4.69, 9.17) is 28.4 Å². The predicted molar refractivity (Wildman–Crippen MR) is 218 cm³/mol. The number of rotatable bonds is 12. The van der Waals surface area contributed by atoms with E-state index in [0.29, 0.717) is 0 Å². The summed E-state index contributed by atoms with van der Waals surface area (Å²) in [6.07, 6.45) is 0. The number of hydrogen-bond donors (Lipinski definition) is 0. The summed E-state index contributed by atoms with van der Waals surface area (Å²) < 4.78 is 33.9. The molecule has 0 atom stereocenters. The molecule has 6 heteroatoms. The fourth-order valence-corrected chi connectivity index (χ4v) is 6.82. The Labute approximate surface area is 317 Å². The van der Waals surface area contributed by atoms with Crippen molar-refractivity contribution in [3.05, 3.63) is 146 Å². The van der Waals surface area contributed by atoms with Crippen LogP contribution in [0.15, 0.2) is 146 Å². The zero-order valence-electron chi connectivity index (χ0n) is 31.3. The number of methoxy groups -OCH3 is 6. The lowest BCUT2D eigenvalue weighted by molar-refractivity contribution is 0.404. The molecular formula is C48H42O6. The van der Waals surface area contributed by atoms with Gasteiger partial charge in [0, 0.05) is 16.7 Å². The zero-order chi connectivity index (χ0) is 37.6. The molecule has 0 aromatic heterocycles. The molecule has 54 heavy (non-hydrogen) atoms. The first kappa shape index (κ1) is 35.7. The van der Waals surface area contributed by atoms with E-state index < -0.39 is 0 Å². The minimum atomic E-state index is 0.767. The van der Waals surface area contributed by atoms with Crippen LogP contribution in [0, 0.1) is 0 Å². The second-order valence-corrected chi connectivity index (χ2v) is 12.7. The molecule has 0 radical (unpaired) electrons. The molecule has 7 rings (SSSR count). The summed E-state index contributed by atoms with van der Waals surface area (Å²) in [5.74, 6) is 4.65. The smallest absolute Gasteiger partial charge is 0.126 e. The van der Waals surface area contributed by atoms with Crippen molar-refractivity contribution in [1.29, 1.82) is 0 Å². The molecule has 6 nitrogen and oxygen atoms in total. The van der Waals surface area contributed by atoms with Gasteiger partial charge in [-0.15, -0.1) is 0 Å². The van der Waals surface area contributed by atoms with Crippen molar-refractivity contribution >= 4 is 0 Å². The van der Waals surface area contributed by atoms with Crippen molar-refractivity contribution in [2.24, 2.45) is 0 Å². The molecule has 0 aliphatic rings. The van der Waals surface area contributed by atoms with E-state index in [1.54, 1.807) is 42.7 Å². The predicted octanol–water partition coefficient (Wildman–Crippen LogP) is 11.7. The molecule has 0 aliphatic carbocycles. The summed E-state index contributed by atoms with van der Waals surface area (Å²) in [6, 6.07) is 50.0.